The van der Waals surface area contributed by atoms with E-state index in [9.17, 15) is 9.90 Å². The third-order valence-electron chi connectivity index (χ3n) is 7.76. The molecule has 0 saturated heterocycles. The van der Waals surface area contributed by atoms with Crippen molar-refractivity contribution in [3.05, 3.63) is 131 Å². The van der Waals surface area contributed by atoms with Crippen molar-refractivity contribution < 1.29 is 9.90 Å². The number of hydrogen-bond acceptors (Lipinski definition) is 2. The monoisotopic (exact) mass is 515 g/mol. The molecule has 0 unspecified atom stereocenters. The Morgan fingerprint density at radius 2 is 1.10 bits per heavy atom. The normalized spacial score (nSPS) is 11.7. The summed E-state index contributed by atoms with van der Waals surface area (Å²) < 4.78 is 0. The van der Waals surface area contributed by atoms with Crippen LogP contribution in [0.5, 0.6) is 0 Å². The Hall–Kier alpha value is -3.95. The average molecular weight is 516 g/mol. The van der Waals surface area contributed by atoms with Crippen LogP contribution in [0, 0.1) is 0 Å². The minimum Gasteiger partial charge on any atom is -0.376 e. The molecule has 1 amide bonds. The molecule has 0 radical (unpaired) electrons. The topological polar surface area (TPSA) is 40.5 Å². The summed E-state index contributed by atoms with van der Waals surface area (Å²) >= 11 is 0. The van der Waals surface area contributed by atoms with Crippen LogP contribution < -0.4 is 0 Å². The van der Waals surface area contributed by atoms with Gasteiger partial charge in [-0.25, -0.2) is 0 Å². The van der Waals surface area contributed by atoms with Crippen molar-refractivity contribution in [3.8, 4) is 0 Å². The van der Waals surface area contributed by atoms with E-state index in [2.05, 4.69) is 50.2 Å². The number of rotatable bonds is 10. The standard InChI is InChI=1S/C36H37NO2/c1-3-5-25-37(26-6-4-2)35(38)29-21-23-30(24-22-29)36(39,33-19-11-15-27-13-7-9-17-31(27)33)34-20-12-16-28-14-8-10-18-32(28)34/h7-24,39H,3-6,25-26H2,1-2H3. The van der Waals surface area contributed by atoms with Crippen LogP contribution in [0.1, 0.15) is 66.6 Å². The highest BCUT2D eigenvalue weighted by molar-refractivity contribution is 5.95. The lowest BCUT2D eigenvalue weighted by Crippen LogP contribution is -2.33. The zero-order chi connectivity index (χ0) is 27.2. The van der Waals surface area contributed by atoms with E-state index < -0.39 is 5.60 Å². The van der Waals surface area contributed by atoms with E-state index in [1.54, 1.807) is 0 Å². The quantitative estimate of drug-likeness (QED) is 0.190. The number of benzene rings is 5. The first kappa shape index (κ1) is 26.6. The van der Waals surface area contributed by atoms with E-state index in [4.69, 9.17) is 0 Å². The summed E-state index contributed by atoms with van der Waals surface area (Å²) in [4.78, 5) is 15.4. The fraction of sp³-hybridized carbons (Fsp3) is 0.250. The van der Waals surface area contributed by atoms with Crippen LogP contribution in [0.3, 0.4) is 0 Å². The zero-order valence-corrected chi connectivity index (χ0v) is 22.9. The van der Waals surface area contributed by atoms with E-state index >= 15 is 0 Å². The van der Waals surface area contributed by atoms with E-state index in [0.717, 1.165) is 77.0 Å². The maximum Gasteiger partial charge on any atom is 0.253 e. The zero-order valence-electron chi connectivity index (χ0n) is 22.9. The van der Waals surface area contributed by atoms with E-state index in [1.807, 2.05) is 77.7 Å². The van der Waals surface area contributed by atoms with Crippen LogP contribution in [0.4, 0.5) is 0 Å². The van der Waals surface area contributed by atoms with Gasteiger partial charge in [0.05, 0.1) is 0 Å². The first-order valence-corrected chi connectivity index (χ1v) is 14.2. The van der Waals surface area contributed by atoms with Crippen molar-refractivity contribution in [2.24, 2.45) is 0 Å². The molecule has 5 aromatic carbocycles. The van der Waals surface area contributed by atoms with Crippen molar-refractivity contribution in [1.82, 2.24) is 4.90 Å². The molecule has 198 valence electrons. The van der Waals surface area contributed by atoms with Crippen molar-refractivity contribution in [3.63, 3.8) is 0 Å². The number of unbranched alkanes of at least 4 members (excludes halogenated alkanes) is 2. The summed E-state index contributed by atoms with van der Waals surface area (Å²) in [6.07, 6.45) is 4.10. The molecule has 0 heterocycles. The smallest absolute Gasteiger partial charge is 0.253 e. The van der Waals surface area contributed by atoms with E-state index in [-0.39, 0.29) is 5.91 Å². The lowest BCUT2D eigenvalue weighted by Gasteiger charge is -2.32. The second-order valence-electron chi connectivity index (χ2n) is 10.3. The van der Waals surface area contributed by atoms with Gasteiger partial charge in [-0.1, -0.05) is 124 Å². The molecule has 3 heteroatoms. The summed E-state index contributed by atoms with van der Waals surface area (Å²) in [5.41, 5.74) is 1.62. The molecule has 0 spiro atoms. The van der Waals surface area contributed by atoms with Crippen LogP contribution in [0.15, 0.2) is 109 Å². The SMILES string of the molecule is CCCCN(CCCC)C(=O)c1ccc(C(O)(c2cccc3ccccc23)c2cccc3ccccc23)cc1. The van der Waals surface area contributed by atoms with Crippen LogP contribution in [0.25, 0.3) is 21.5 Å². The number of carbonyl (C=O) groups is 1. The second-order valence-corrected chi connectivity index (χ2v) is 10.3. The first-order chi connectivity index (χ1) is 19.1. The lowest BCUT2D eigenvalue weighted by molar-refractivity contribution is 0.0750. The summed E-state index contributed by atoms with van der Waals surface area (Å²) in [6, 6.07) is 36.1. The van der Waals surface area contributed by atoms with Crippen molar-refractivity contribution in [2.75, 3.05) is 13.1 Å². The highest BCUT2D eigenvalue weighted by atomic mass is 16.3. The molecule has 0 aliphatic rings. The van der Waals surface area contributed by atoms with Gasteiger partial charge in [0.25, 0.3) is 5.91 Å². The third-order valence-corrected chi connectivity index (χ3v) is 7.76. The number of nitrogens with zero attached hydrogens (tertiary/aromatic N) is 1. The van der Waals surface area contributed by atoms with Crippen molar-refractivity contribution >= 4 is 27.5 Å². The van der Waals surface area contributed by atoms with Gasteiger partial charge in [0, 0.05) is 29.8 Å². The van der Waals surface area contributed by atoms with Gasteiger partial charge < -0.3 is 10.0 Å². The molecule has 0 atom stereocenters. The van der Waals surface area contributed by atoms with Crippen molar-refractivity contribution in [1.29, 1.82) is 0 Å². The van der Waals surface area contributed by atoms with Gasteiger partial charge in [0.1, 0.15) is 5.60 Å². The van der Waals surface area contributed by atoms with Gasteiger partial charge in [0.2, 0.25) is 0 Å². The Morgan fingerprint density at radius 1 is 0.641 bits per heavy atom. The van der Waals surface area contributed by atoms with E-state index in [0.29, 0.717) is 5.56 Å². The molecule has 0 saturated carbocycles. The van der Waals surface area contributed by atoms with E-state index in [1.165, 1.54) is 0 Å². The van der Waals surface area contributed by atoms with Crippen molar-refractivity contribution in [2.45, 2.75) is 45.1 Å². The molecule has 0 aliphatic carbocycles. The number of aliphatic hydroxyl groups is 1. The number of hydrogen-bond donors (Lipinski definition) is 1. The molecule has 0 bridgehead atoms. The van der Waals surface area contributed by atoms with Gasteiger partial charge in [0.15, 0.2) is 0 Å². The summed E-state index contributed by atoms with van der Waals surface area (Å²) in [5.74, 6) is 0.0577. The van der Waals surface area contributed by atoms with Gasteiger partial charge in [-0.15, -0.1) is 0 Å². The molecule has 3 nitrogen and oxygen atoms in total. The minimum atomic E-state index is -1.42. The maximum atomic E-state index is 13.5. The highest BCUT2D eigenvalue weighted by Crippen LogP contribution is 2.42. The van der Waals surface area contributed by atoms with Gasteiger partial charge >= 0.3 is 0 Å². The van der Waals surface area contributed by atoms with Gasteiger partial charge in [-0.3, -0.25) is 4.79 Å². The summed E-state index contributed by atoms with van der Waals surface area (Å²) in [5, 5.41) is 17.0. The van der Waals surface area contributed by atoms with Crippen LogP contribution in [-0.2, 0) is 5.60 Å². The molecule has 5 aromatic rings. The minimum absolute atomic E-state index is 0.0577. The Morgan fingerprint density at radius 3 is 1.59 bits per heavy atom. The number of carbonyl (C=O) groups excluding carboxylic acids is 1. The van der Waals surface area contributed by atoms with Crippen LogP contribution >= 0.6 is 0 Å². The Balaban J connectivity index is 1.65. The molecular formula is C36H37NO2. The van der Waals surface area contributed by atoms with Gasteiger partial charge in [-0.05, 0) is 52.1 Å². The number of fused-ring (bicyclic) bond motifs is 2. The summed E-state index contributed by atoms with van der Waals surface area (Å²) in [7, 11) is 0. The molecule has 0 aromatic heterocycles. The predicted octanol–water partition coefficient (Wildman–Crippen LogP) is 8.32. The maximum absolute atomic E-state index is 13.5. The lowest BCUT2D eigenvalue weighted by atomic mass is 9.76. The third kappa shape index (κ3) is 5.20. The second kappa shape index (κ2) is 11.8. The Labute approximate surface area is 231 Å². The first-order valence-electron chi connectivity index (χ1n) is 14.2. The summed E-state index contributed by atoms with van der Waals surface area (Å²) in [6.45, 7) is 5.84. The Bertz CT molecular complexity index is 1470. The largest absolute Gasteiger partial charge is 0.376 e. The molecule has 0 fully saturated rings. The van der Waals surface area contributed by atoms with Crippen LogP contribution in [0.2, 0.25) is 0 Å². The Kier molecular flexibility index (Phi) is 8.09. The van der Waals surface area contributed by atoms with Crippen LogP contribution in [-0.4, -0.2) is 29.0 Å². The molecule has 5 rings (SSSR count). The van der Waals surface area contributed by atoms with Gasteiger partial charge in [-0.2, -0.15) is 0 Å². The molecule has 39 heavy (non-hydrogen) atoms. The molecule has 0 aliphatic heterocycles. The average Bonchev–Trinajstić information content (AvgIpc) is 3.00. The fourth-order valence-electron chi connectivity index (χ4n) is 5.59. The molecular weight excluding hydrogens is 478 g/mol. The fourth-order valence-corrected chi connectivity index (χ4v) is 5.59. The molecule has 1 N–H and O–H groups in total. The number of amides is 1. The highest BCUT2D eigenvalue weighted by Gasteiger charge is 2.36. The predicted molar refractivity (Wildman–Crippen MR) is 162 cm³/mol.